The zero-order chi connectivity index (χ0) is 17.4. The number of aromatic amines is 1. The first-order valence-electron chi connectivity index (χ1n) is 6.74. The van der Waals surface area contributed by atoms with Crippen LogP contribution >= 0.6 is 34.5 Å². The molecule has 1 aromatic carbocycles. The fourth-order valence-corrected chi connectivity index (χ4v) is 3.37. The van der Waals surface area contributed by atoms with Crippen LogP contribution in [0.25, 0.3) is 10.2 Å². The Morgan fingerprint density at radius 1 is 1.29 bits per heavy atom. The van der Waals surface area contributed by atoms with Crippen LogP contribution in [0.5, 0.6) is 0 Å². The molecule has 3 rings (SSSR count). The Labute approximate surface area is 150 Å². The third-order valence-corrected chi connectivity index (χ3v) is 5.21. The summed E-state index contributed by atoms with van der Waals surface area (Å²) in [4.78, 5) is 31.0. The molecule has 1 amide bonds. The number of hydrogen-bond acceptors (Lipinski definition) is 5. The lowest BCUT2D eigenvalue weighted by molar-refractivity contribution is 0.0600. The number of amides is 1. The summed E-state index contributed by atoms with van der Waals surface area (Å²) in [7, 11) is 1.31. The summed E-state index contributed by atoms with van der Waals surface area (Å²) in [6.07, 6.45) is 0. The number of fused-ring (bicyclic) bond motifs is 1. The number of nitrogens with one attached hydrogen (secondary N) is 2. The second-order valence-corrected chi connectivity index (χ2v) is 6.69. The Balaban J connectivity index is 1.88. The number of anilines is 1. The first-order chi connectivity index (χ1) is 11.4. The van der Waals surface area contributed by atoms with E-state index in [-0.39, 0.29) is 10.7 Å². The van der Waals surface area contributed by atoms with Gasteiger partial charge in [0.15, 0.2) is 5.13 Å². The summed E-state index contributed by atoms with van der Waals surface area (Å²) in [5, 5.41) is 3.54. The van der Waals surface area contributed by atoms with Crippen molar-refractivity contribution in [2.75, 3.05) is 12.4 Å². The van der Waals surface area contributed by atoms with Gasteiger partial charge in [-0.1, -0.05) is 34.5 Å². The van der Waals surface area contributed by atoms with Crippen molar-refractivity contribution in [1.82, 2.24) is 9.97 Å². The minimum Gasteiger partial charge on any atom is -0.465 e. The van der Waals surface area contributed by atoms with Crippen LogP contribution in [0.2, 0.25) is 10.0 Å². The summed E-state index contributed by atoms with van der Waals surface area (Å²) >= 11 is 13.3. The van der Waals surface area contributed by atoms with Crippen LogP contribution in [0, 0.1) is 6.92 Å². The molecule has 3 aromatic rings. The number of ether oxygens (including phenoxy) is 1. The van der Waals surface area contributed by atoms with E-state index in [4.69, 9.17) is 23.2 Å². The number of benzene rings is 1. The number of methoxy groups -OCH3 is 1. The summed E-state index contributed by atoms with van der Waals surface area (Å²) in [5.74, 6) is -0.888. The van der Waals surface area contributed by atoms with Crippen LogP contribution in [-0.2, 0) is 4.74 Å². The maximum absolute atomic E-state index is 12.3. The van der Waals surface area contributed by atoms with Crippen molar-refractivity contribution in [3.8, 4) is 0 Å². The number of rotatable bonds is 3. The number of nitrogens with zero attached hydrogens (tertiary/aromatic N) is 1. The van der Waals surface area contributed by atoms with Crippen molar-refractivity contribution in [2.45, 2.75) is 6.92 Å². The van der Waals surface area contributed by atoms with Gasteiger partial charge in [0.2, 0.25) is 0 Å². The highest BCUT2D eigenvalue weighted by Crippen LogP contribution is 2.31. The molecule has 0 saturated heterocycles. The molecule has 2 aromatic heterocycles. The minimum atomic E-state index is -0.446. The van der Waals surface area contributed by atoms with Gasteiger partial charge in [-0.2, -0.15) is 0 Å². The molecule has 0 bridgehead atoms. The Morgan fingerprint density at radius 3 is 2.67 bits per heavy atom. The highest BCUT2D eigenvalue weighted by atomic mass is 35.5. The molecule has 0 saturated carbocycles. The quantitative estimate of drug-likeness (QED) is 0.661. The number of esters is 1. The van der Waals surface area contributed by atoms with Gasteiger partial charge in [0.1, 0.15) is 5.69 Å². The lowest BCUT2D eigenvalue weighted by atomic mass is 10.2. The third-order valence-electron chi connectivity index (χ3n) is 3.31. The fourth-order valence-electron chi connectivity index (χ4n) is 2.11. The van der Waals surface area contributed by atoms with Crippen molar-refractivity contribution in [2.24, 2.45) is 0 Å². The Hall–Kier alpha value is -2.09. The fraction of sp³-hybridized carbons (Fsp3) is 0.133. The molecule has 124 valence electrons. The molecule has 2 heterocycles. The molecule has 6 nitrogen and oxygen atoms in total. The molecule has 0 aliphatic rings. The maximum atomic E-state index is 12.3. The second-order valence-electron chi connectivity index (χ2n) is 4.90. The smallest absolute Gasteiger partial charge is 0.337 e. The topological polar surface area (TPSA) is 84.1 Å². The van der Waals surface area contributed by atoms with Crippen LogP contribution < -0.4 is 5.32 Å². The third kappa shape index (κ3) is 2.98. The summed E-state index contributed by atoms with van der Waals surface area (Å²) in [5.41, 5.74) is 1.76. The van der Waals surface area contributed by atoms with Gasteiger partial charge in [-0.05, 0) is 25.1 Å². The number of hydrogen-bond donors (Lipinski definition) is 2. The lowest BCUT2D eigenvalue weighted by Crippen LogP contribution is -2.12. The van der Waals surface area contributed by atoms with Crippen molar-refractivity contribution >= 4 is 61.8 Å². The molecular weight excluding hydrogens is 373 g/mol. The van der Waals surface area contributed by atoms with Crippen LogP contribution in [0.15, 0.2) is 18.2 Å². The molecule has 0 spiro atoms. The van der Waals surface area contributed by atoms with Gasteiger partial charge < -0.3 is 9.72 Å². The monoisotopic (exact) mass is 383 g/mol. The van der Waals surface area contributed by atoms with Crippen molar-refractivity contribution in [1.29, 1.82) is 0 Å². The number of aromatic nitrogens is 2. The number of aryl methyl sites for hydroxylation is 1. The molecule has 0 fully saturated rings. The average Bonchev–Trinajstić information content (AvgIpc) is 3.08. The van der Waals surface area contributed by atoms with E-state index in [1.165, 1.54) is 18.4 Å². The van der Waals surface area contributed by atoms with Crippen molar-refractivity contribution < 1.29 is 14.3 Å². The predicted octanol–water partition coefficient (Wildman–Crippen LogP) is 4.28. The molecule has 24 heavy (non-hydrogen) atoms. The SMILES string of the molecule is COC(=O)c1ccc2sc(NC(=O)c3[nH]c(C)c(Cl)c3Cl)nc2c1. The van der Waals surface area contributed by atoms with Gasteiger partial charge in [0, 0.05) is 5.69 Å². The Kier molecular flexibility index (Phi) is 4.49. The molecule has 0 aliphatic heterocycles. The molecule has 0 aliphatic carbocycles. The first kappa shape index (κ1) is 16.8. The van der Waals surface area contributed by atoms with Crippen molar-refractivity contribution in [3.63, 3.8) is 0 Å². The van der Waals surface area contributed by atoms with E-state index in [1.807, 2.05) is 0 Å². The summed E-state index contributed by atoms with van der Waals surface area (Å²) in [6.45, 7) is 1.72. The van der Waals surface area contributed by atoms with Gasteiger partial charge in [0.25, 0.3) is 5.91 Å². The van der Waals surface area contributed by atoms with Crippen LogP contribution in [0.4, 0.5) is 5.13 Å². The van der Waals surface area contributed by atoms with E-state index in [0.29, 0.717) is 26.9 Å². The summed E-state index contributed by atoms with van der Waals surface area (Å²) in [6, 6.07) is 5.00. The van der Waals surface area contributed by atoms with E-state index in [2.05, 4.69) is 20.0 Å². The van der Waals surface area contributed by atoms with E-state index < -0.39 is 11.9 Å². The van der Waals surface area contributed by atoms with Gasteiger partial charge in [-0.15, -0.1) is 0 Å². The van der Waals surface area contributed by atoms with E-state index in [9.17, 15) is 9.59 Å². The average molecular weight is 384 g/mol. The molecule has 2 N–H and O–H groups in total. The standard InChI is InChI=1S/C15H11Cl2N3O3S/c1-6-10(16)11(17)12(18-6)13(21)20-15-19-8-5-7(14(22)23-2)3-4-9(8)24-15/h3-5,18H,1-2H3,(H,19,20,21). The number of halogens is 2. The zero-order valence-corrected chi connectivity index (χ0v) is 14.9. The van der Waals surface area contributed by atoms with E-state index in [1.54, 1.807) is 25.1 Å². The van der Waals surface area contributed by atoms with Crippen LogP contribution in [0.1, 0.15) is 26.5 Å². The Morgan fingerprint density at radius 2 is 2.04 bits per heavy atom. The van der Waals surface area contributed by atoms with E-state index >= 15 is 0 Å². The van der Waals surface area contributed by atoms with Gasteiger partial charge in [-0.3, -0.25) is 10.1 Å². The number of H-pyrrole nitrogens is 1. The number of thiazole rings is 1. The van der Waals surface area contributed by atoms with Gasteiger partial charge >= 0.3 is 5.97 Å². The molecule has 0 radical (unpaired) electrons. The number of carbonyl (C=O) groups excluding carboxylic acids is 2. The normalized spacial score (nSPS) is 10.8. The van der Waals surface area contributed by atoms with Crippen LogP contribution in [0.3, 0.4) is 0 Å². The van der Waals surface area contributed by atoms with Gasteiger partial charge in [0.05, 0.1) is 32.9 Å². The first-order valence-corrected chi connectivity index (χ1v) is 8.31. The zero-order valence-electron chi connectivity index (χ0n) is 12.6. The molecule has 0 atom stereocenters. The predicted molar refractivity (Wildman–Crippen MR) is 94.5 cm³/mol. The van der Waals surface area contributed by atoms with Crippen LogP contribution in [-0.4, -0.2) is 29.0 Å². The molecule has 0 unspecified atom stereocenters. The Bertz CT molecular complexity index is 964. The largest absolute Gasteiger partial charge is 0.465 e. The second kappa shape index (κ2) is 6.43. The molecular formula is C15H11Cl2N3O3S. The van der Waals surface area contributed by atoms with E-state index in [0.717, 1.165) is 4.70 Å². The van der Waals surface area contributed by atoms with Crippen molar-refractivity contribution in [3.05, 3.63) is 45.2 Å². The highest BCUT2D eigenvalue weighted by Gasteiger charge is 2.19. The summed E-state index contributed by atoms with van der Waals surface area (Å²) < 4.78 is 5.50. The van der Waals surface area contributed by atoms with Gasteiger partial charge in [-0.25, -0.2) is 9.78 Å². The lowest BCUT2D eigenvalue weighted by Gasteiger charge is -1.99. The maximum Gasteiger partial charge on any atom is 0.337 e. The number of carbonyl (C=O) groups is 2. The highest BCUT2D eigenvalue weighted by molar-refractivity contribution is 7.22. The minimum absolute atomic E-state index is 0.167. The molecule has 9 heteroatoms.